The first kappa shape index (κ1) is 24.4. The molecule has 35 heavy (non-hydrogen) atoms. The van der Waals surface area contributed by atoms with Gasteiger partial charge in [-0.3, -0.25) is 4.79 Å². The number of pyridine rings is 1. The van der Waals surface area contributed by atoms with Crippen LogP contribution < -0.4 is 15.6 Å². The Morgan fingerprint density at radius 2 is 1.83 bits per heavy atom. The highest BCUT2D eigenvalue weighted by Crippen LogP contribution is 2.30. The van der Waals surface area contributed by atoms with Crippen LogP contribution in [0.4, 0.5) is 24.5 Å². The molecule has 4 rings (SSSR count). The fourth-order valence-corrected chi connectivity index (χ4v) is 4.14. The van der Waals surface area contributed by atoms with Crippen molar-refractivity contribution in [2.45, 2.75) is 26.3 Å². The van der Waals surface area contributed by atoms with Crippen molar-refractivity contribution in [3.05, 3.63) is 99.2 Å². The van der Waals surface area contributed by atoms with E-state index in [0.717, 1.165) is 23.5 Å². The van der Waals surface area contributed by atoms with Gasteiger partial charge in [-0.15, -0.1) is 0 Å². The molecule has 0 amide bonds. The number of imidazole rings is 1. The van der Waals surface area contributed by atoms with Crippen LogP contribution in [0.2, 0.25) is 5.02 Å². The van der Waals surface area contributed by atoms with Gasteiger partial charge in [0, 0.05) is 24.1 Å². The minimum absolute atomic E-state index is 0.112. The summed E-state index contributed by atoms with van der Waals surface area (Å²) in [5.41, 5.74) is 1.95. The number of aromatic nitrogens is 3. The lowest BCUT2D eigenvalue weighted by atomic mass is 10.0. The molecule has 0 bridgehead atoms. The first-order valence-corrected chi connectivity index (χ1v) is 11.1. The zero-order valence-corrected chi connectivity index (χ0v) is 19.9. The number of nitrogens with one attached hydrogen (secondary N) is 1. The Bertz CT molecular complexity index is 1430. The van der Waals surface area contributed by atoms with Crippen LogP contribution in [0.5, 0.6) is 5.75 Å². The minimum atomic E-state index is -1.56. The van der Waals surface area contributed by atoms with Gasteiger partial charge < -0.3 is 19.2 Å². The van der Waals surface area contributed by atoms with Gasteiger partial charge in [0.25, 0.3) is 5.56 Å². The van der Waals surface area contributed by atoms with Crippen molar-refractivity contribution >= 4 is 23.0 Å². The topological polar surface area (TPSA) is 61.1 Å². The summed E-state index contributed by atoms with van der Waals surface area (Å²) in [5, 5.41) is 3.27. The molecule has 182 valence electrons. The Morgan fingerprint density at radius 1 is 1.11 bits per heavy atom. The fraction of sp³-hybridized carbons (Fsp3) is 0.200. The number of hydrogen-bond donors (Lipinski definition) is 1. The maximum atomic E-state index is 13.9. The van der Waals surface area contributed by atoms with E-state index in [9.17, 15) is 18.0 Å². The predicted octanol–water partition coefficient (Wildman–Crippen LogP) is 6.16. The van der Waals surface area contributed by atoms with Gasteiger partial charge in [-0.05, 0) is 49.2 Å². The number of nitrogens with zero attached hydrogens (tertiary/aromatic N) is 3. The second-order valence-corrected chi connectivity index (χ2v) is 8.38. The molecule has 10 heteroatoms. The number of aryl methyl sites for hydroxylation is 1. The second-order valence-electron chi connectivity index (χ2n) is 7.94. The van der Waals surface area contributed by atoms with Crippen LogP contribution in [0.25, 0.3) is 5.69 Å². The van der Waals surface area contributed by atoms with Gasteiger partial charge in [-0.2, -0.15) is 0 Å². The van der Waals surface area contributed by atoms with Gasteiger partial charge in [0.05, 0.1) is 35.9 Å². The monoisotopic (exact) mass is 502 g/mol. The third-order valence-electron chi connectivity index (χ3n) is 5.57. The number of ether oxygens (including phenoxy) is 1. The lowest BCUT2D eigenvalue weighted by Gasteiger charge is -2.21. The van der Waals surface area contributed by atoms with Gasteiger partial charge in [0.1, 0.15) is 11.4 Å². The highest BCUT2D eigenvalue weighted by atomic mass is 35.5. The Labute approximate surface area is 204 Å². The van der Waals surface area contributed by atoms with E-state index < -0.39 is 29.1 Å². The lowest BCUT2D eigenvalue weighted by molar-refractivity contribution is 0.413. The largest absolute Gasteiger partial charge is 0.494 e. The van der Waals surface area contributed by atoms with Gasteiger partial charge in [-0.25, -0.2) is 18.2 Å². The van der Waals surface area contributed by atoms with Gasteiger partial charge in [-0.1, -0.05) is 18.5 Å². The molecule has 2 aromatic carbocycles. The zero-order chi connectivity index (χ0) is 25.3. The molecule has 1 N–H and O–H groups in total. The highest BCUT2D eigenvalue weighted by molar-refractivity contribution is 6.30. The molecule has 0 saturated heterocycles. The number of anilines is 2. The standard InChI is InChI=1S/C25H22ClF3N4O2/c1-4-21(15-7-18(27)24(29)19(28)8-15)33-12-16(26)9-20(25(33)34)31-17-5-6-22(23(10-17)35-3)32-11-14(2)30-13-32/h5-13,21,31H,4H2,1-3H3. The molecule has 2 aromatic heterocycles. The molecule has 1 unspecified atom stereocenters. The summed E-state index contributed by atoms with van der Waals surface area (Å²) in [6, 6.07) is 7.75. The molecule has 0 radical (unpaired) electrons. The van der Waals surface area contributed by atoms with E-state index in [2.05, 4.69) is 10.3 Å². The molecule has 1 atom stereocenters. The van der Waals surface area contributed by atoms with Gasteiger partial charge in [0.15, 0.2) is 17.5 Å². The van der Waals surface area contributed by atoms with Crippen LogP contribution in [0.15, 0.2) is 59.9 Å². The lowest BCUT2D eigenvalue weighted by Crippen LogP contribution is -2.27. The smallest absolute Gasteiger partial charge is 0.274 e. The maximum absolute atomic E-state index is 13.9. The summed E-state index contributed by atoms with van der Waals surface area (Å²) < 4.78 is 49.8. The first-order chi connectivity index (χ1) is 16.7. The number of rotatable bonds is 7. The molecular weight excluding hydrogens is 481 g/mol. The number of methoxy groups -OCH3 is 1. The molecule has 4 aromatic rings. The Morgan fingerprint density at radius 3 is 2.43 bits per heavy atom. The van der Waals surface area contributed by atoms with Crippen LogP contribution in [0.3, 0.4) is 0 Å². The van der Waals surface area contributed by atoms with E-state index >= 15 is 0 Å². The summed E-state index contributed by atoms with van der Waals surface area (Å²) >= 11 is 6.29. The van der Waals surface area contributed by atoms with E-state index in [1.807, 2.05) is 23.8 Å². The normalized spacial score (nSPS) is 12.0. The number of halogens is 4. The van der Waals surface area contributed by atoms with Gasteiger partial charge >= 0.3 is 0 Å². The molecule has 0 saturated carbocycles. The third kappa shape index (κ3) is 4.90. The quantitative estimate of drug-likeness (QED) is 0.307. The molecule has 0 fully saturated rings. The zero-order valence-electron chi connectivity index (χ0n) is 19.2. The molecule has 6 nitrogen and oxygen atoms in total. The van der Waals surface area contributed by atoms with Crippen LogP contribution in [-0.4, -0.2) is 21.2 Å². The van der Waals surface area contributed by atoms with Crippen LogP contribution >= 0.6 is 11.6 Å². The molecule has 0 aliphatic carbocycles. The van der Waals surface area contributed by atoms with Crippen molar-refractivity contribution < 1.29 is 17.9 Å². The van der Waals surface area contributed by atoms with Crippen LogP contribution in [0.1, 0.15) is 30.6 Å². The Kier molecular flexibility index (Phi) is 6.88. The van der Waals surface area contributed by atoms with Crippen molar-refractivity contribution in [1.29, 1.82) is 0 Å². The Balaban J connectivity index is 1.72. The summed E-state index contributed by atoms with van der Waals surface area (Å²) in [4.78, 5) is 17.5. The summed E-state index contributed by atoms with van der Waals surface area (Å²) in [6.45, 7) is 3.62. The predicted molar refractivity (Wildman–Crippen MR) is 129 cm³/mol. The van der Waals surface area contributed by atoms with Crippen molar-refractivity contribution in [2.75, 3.05) is 12.4 Å². The Hall–Kier alpha value is -3.72. The average Bonchev–Trinajstić information content (AvgIpc) is 3.26. The minimum Gasteiger partial charge on any atom is -0.494 e. The van der Waals surface area contributed by atoms with Crippen molar-refractivity contribution in [1.82, 2.24) is 14.1 Å². The SMILES string of the molecule is CCC(c1cc(F)c(F)c(F)c1)n1cc(Cl)cc(Nc2ccc(-n3cnc(C)c3)c(OC)c2)c1=O. The van der Waals surface area contributed by atoms with Gasteiger partial charge in [0.2, 0.25) is 0 Å². The maximum Gasteiger partial charge on any atom is 0.274 e. The average molecular weight is 503 g/mol. The summed E-state index contributed by atoms with van der Waals surface area (Å²) in [7, 11) is 1.53. The molecule has 2 heterocycles. The van der Waals surface area contributed by atoms with E-state index in [0.29, 0.717) is 17.9 Å². The van der Waals surface area contributed by atoms with E-state index in [4.69, 9.17) is 16.3 Å². The number of benzene rings is 2. The van der Waals surface area contributed by atoms with Crippen LogP contribution in [-0.2, 0) is 0 Å². The highest BCUT2D eigenvalue weighted by Gasteiger charge is 2.20. The van der Waals surface area contributed by atoms with Crippen LogP contribution in [0, 0.1) is 24.4 Å². The summed E-state index contributed by atoms with van der Waals surface area (Å²) in [5.74, 6) is -3.68. The molecule has 0 spiro atoms. The fourth-order valence-electron chi connectivity index (χ4n) is 3.93. The molecular formula is C25H22ClF3N4O2. The molecule has 0 aliphatic rings. The third-order valence-corrected chi connectivity index (χ3v) is 5.78. The second kappa shape index (κ2) is 9.87. The number of hydrogen-bond acceptors (Lipinski definition) is 4. The molecule has 0 aliphatic heterocycles. The van der Waals surface area contributed by atoms with E-state index in [1.54, 1.807) is 25.4 Å². The van der Waals surface area contributed by atoms with E-state index in [1.165, 1.54) is 23.9 Å². The van der Waals surface area contributed by atoms with Crippen molar-refractivity contribution in [3.63, 3.8) is 0 Å². The van der Waals surface area contributed by atoms with E-state index in [-0.39, 0.29) is 16.3 Å². The van der Waals surface area contributed by atoms with Crippen molar-refractivity contribution in [2.24, 2.45) is 0 Å². The van der Waals surface area contributed by atoms with Crippen molar-refractivity contribution in [3.8, 4) is 11.4 Å². The first-order valence-electron chi connectivity index (χ1n) is 10.7. The summed E-state index contributed by atoms with van der Waals surface area (Å²) in [6.07, 6.45) is 5.21.